The van der Waals surface area contributed by atoms with E-state index in [9.17, 15) is 14.0 Å². The van der Waals surface area contributed by atoms with Gasteiger partial charge in [-0.2, -0.15) is 0 Å². The molecule has 0 saturated carbocycles. The van der Waals surface area contributed by atoms with Crippen LogP contribution in [0.1, 0.15) is 35.3 Å². The van der Waals surface area contributed by atoms with Gasteiger partial charge < -0.3 is 30.0 Å². The summed E-state index contributed by atoms with van der Waals surface area (Å²) in [5.41, 5.74) is 3.53. The number of likely N-dealkylation sites (tertiary alicyclic amines) is 1. The minimum atomic E-state index is -0.511. The third-order valence-corrected chi connectivity index (χ3v) is 6.72. The Morgan fingerprint density at radius 3 is 2.92 bits per heavy atom. The number of hydrogen-bond acceptors (Lipinski definition) is 6. The van der Waals surface area contributed by atoms with Gasteiger partial charge in [0.1, 0.15) is 5.75 Å². The maximum Gasteiger partial charge on any atom is 0.255 e. The molecule has 3 N–H and O–H groups in total. The molecular formula is C26H28FN5O4. The van der Waals surface area contributed by atoms with Crippen molar-refractivity contribution >= 4 is 23.7 Å². The summed E-state index contributed by atoms with van der Waals surface area (Å²) in [5.74, 6) is 0.346. The number of ether oxygens (including phenoxy) is 2. The van der Waals surface area contributed by atoms with Crippen molar-refractivity contribution in [3.8, 4) is 22.8 Å². The van der Waals surface area contributed by atoms with E-state index in [0.29, 0.717) is 47.5 Å². The van der Waals surface area contributed by atoms with Crippen LogP contribution in [0, 0.1) is 11.7 Å². The number of benzene rings is 1. The van der Waals surface area contributed by atoms with E-state index in [1.54, 1.807) is 29.4 Å². The van der Waals surface area contributed by atoms with Crippen LogP contribution in [0.4, 0.5) is 15.8 Å². The van der Waals surface area contributed by atoms with Crippen molar-refractivity contribution < 1.29 is 23.5 Å². The summed E-state index contributed by atoms with van der Waals surface area (Å²) >= 11 is 0. The van der Waals surface area contributed by atoms with E-state index in [2.05, 4.69) is 20.6 Å². The number of nitrogens with zero attached hydrogens (tertiary/aromatic N) is 2. The quantitative estimate of drug-likeness (QED) is 0.393. The third kappa shape index (κ3) is 4.34. The number of aromatic amines is 1. The summed E-state index contributed by atoms with van der Waals surface area (Å²) < 4.78 is 25.8. The molecule has 2 aliphatic rings. The molecule has 9 nitrogen and oxygen atoms in total. The highest BCUT2D eigenvalue weighted by Crippen LogP contribution is 2.43. The van der Waals surface area contributed by atoms with E-state index in [-0.39, 0.29) is 17.6 Å². The van der Waals surface area contributed by atoms with Crippen LogP contribution in [-0.4, -0.2) is 60.5 Å². The minimum Gasteiger partial charge on any atom is -0.492 e. The monoisotopic (exact) mass is 493 g/mol. The van der Waals surface area contributed by atoms with Crippen LogP contribution in [0.25, 0.3) is 11.3 Å². The Kier molecular flexibility index (Phi) is 6.49. The zero-order valence-electron chi connectivity index (χ0n) is 20.1. The molecule has 5 rings (SSSR count). The third-order valence-electron chi connectivity index (χ3n) is 6.72. The smallest absolute Gasteiger partial charge is 0.255 e. The first-order valence-electron chi connectivity index (χ1n) is 11.9. The molecular weight excluding hydrogens is 465 g/mol. The molecule has 2 aromatic heterocycles. The highest BCUT2D eigenvalue weighted by atomic mass is 19.1. The van der Waals surface area contributed by atoms with Crippen LogP contribution >= 0.6 is 0 Å². The second-order valence-electron chi connectivity index (χ2n) is 9.15. The summed E-state index contributed by atoms with van der Waals surface area (Å²) in [4.78, 5) is 33.2. The van der Waals surface area contributed by atoms with Gasteiger partial charge in [0.25, 0.3) is 5.91 Å². The number of nitrogens with one attached hydrogen (secondary N) is 3. The van der Waals surface area contributed by atoms with Crippen molar-refractivity contribution in [3.05, 3.63) is 53.7 Å². The molecule has 1 unspecified atom stereocenters. The molecule has 0 aliphatic carbocycles. The Balaban J connectivity index is 1.51. The molecule has 36 heavy (non-hydrogen) atoms. The number of fused-ring (bicyclic) bond motifs is 1. The van der Waals surface area contributed by atoms with Crippen molar-refractivity contribution in [2.24, 2.45) is 5.92 Å². The van der Waals surface area contributed by atoms with Gasteiger partial charge in [0.05, 0.1) is 42.5 Å². The molecule has 3 aromatic rings. The van der Waals surface area contributed by atoms with Gasteiger partial charge in [-0.25, -0.2) is 4.39 Å². The molecule has 1 saturated heterocycles. The number of H-pyrrole nitrogens is 1. The summed E-state index contributed by atoms with van der Waals surface area (Å²) in [7, 11) is 1.40. The van der Waals surface area contributed by atoms with Crippen LogP contribution in [0.15, 0.2) is 36.7 Å². The summed E-state index contributed by atoms with van der Waals surface area (Å²) in [6, 6.07) is 6.41. The number of methoxy groups -OCH3 is 1. The average molecular weight is 494 g/mol. The molecule has 0 radical (unpaired) electrons. The molecule has 1 fully saturated rings. The fourth-order valence-electron chi connectivity index (χ4n) is 4.75. The van der Waals surface area contributed by atoms with Crippen molar-refractivity contribution in [2.45, 2.75) is 19.3 Å². The molecule has 188 valence electrons. The van der Waals surface area contributed by atoms with Gasteiger partial charge in [0, 0.05) is 43.0 Å². The molecule has 1 atom stereocenters. The maximum atomic E-state index is 14.4. The minimum absolute atomic E-state index is 0.0481. The standard InChI is InChI=1S/C26H28FN5O4/c1-15-10-29-26(34)21-22(15)31-23(24(21)30-19-5-3-4-18(27)25(19)35-2)17-6-8-28-11-20(17)36-9-7-16-12-32(13-16)14-33/h3-6,8,11,14-16,30-31H,7,9-10,12-13H2,1-2H3,(H,29,34). The lowest BCUT2D eigenvalue weighted by molar-refractivity contribution is -0.124. The van der Waals surface area contributed by atoms with Gasteiger partial charge in [-0.15, -0.1) is 0 Å². The molecule has 1 aromatic carbocycles. The van der Waals surface area contributed by atoms with Crippen LogP contribution < -0.4 is 20.1 Å². The zero-order chi connectivity index (χ0) is 25.2. The Labute approximate surface area is 208 Å². The van der Waals surface area contributed by atoms with E-state index in [4.69, 9.17) is 9.47 Å². The van der Waals surface area contributed by atoms with Crippen LogP contribution in [-0.2, 0) is 4.79 Å². The average Bonchev–Trinajstić information content (AvgIpc) is 3.23. The predicted octanol–water partition coefficient (Wildman–Crippen LogP) is 3.67. The van der Waals surface area contributed by atoms with E-state index >= 15 is 0 Å². The largest absolute Gasteiger partial charge is 0.492 e. The van der Waals surface area contributed by atoms with E-state index in [1.807, 2.05) is 13.0 Å². The molecule has 4 heterocycles. The topological polar surface area (TPSA) is 109 Å². The first kappa shape index (κ1) is 23.7. The Morgan fingerprint density at radius 2 is 2.14 bits per heavy atom. The van der Waals surface area contributed by atoms with Gasteiger partial charge in [0.15, 0.2) is 11.6 Å². The van der Waals surface area contributed by atoms with E-state index in [1.165, 1.54) is 13.2 Å². The number of carbonyl (C=O) groups excluding carboxylic acids is 2. The highest BCUT2D eigenvalue weighted by Gasteiger charge is 2.32. The fourth-order valence-corrected chi connectivity index (χ4v) is 4.75. The van der Waals surface area contributed by atoms with Gasteiger partial charge in [-0.05, 0) is 30.5 Å². The molecule has 10 heteroatoms. The van der Waals surface area contributed by atoms with E-state index < -0.39 is 5.82 Å². The molecule has 2 aliphatic heterocycles. The fraction of sp³-hybridized carbons (Fsp3) is 0.346. The van der Waals surface area contributed by atoms with Crippen LogP contribution in [0.3, 0.4) is 0 Å². The Bertz CT molecular complexity index is 1290. The molecule has 0 spiro atoms. The number of hydrogen-bond donors (Lipinski definition) is 3. The number of rotatable bonds is 9. The summed E-state index contributed by atoms with van der Waals surface area (Å²) in [6.45, 7) is 4.48. The van der Waals surface area contributed by atoms with Crippen molar-refractivity contribution in [2.75, 3.05) is 38.7 Å². The van der Waals surface area contributed by atoms with Crippen LogP contribution in [0.5, 0.6) is 11.5 Å². The van der Waals surface area contributed by atoms with Gasteiger partial charge >= 0.3 is 0 Å². The second kappa shape index (κ2) is 9.88. The Hall–Kier alpha value is -4.08. The van der Waals surface area contributed by atoms with E-state index in [0.717, 1.165) is 37.2 Å². The first-order chi connectivity index (χ1) is 17.5. The number of pyridine rings is 1. The van der Waals surface area contributed by atoms with Gasteiger partial charge in [-0.3, -0.25) is 14.6 Å². The van der Waals surface area contributed by atoms with Crippen LogP contribution in [0.2, 0.25) is 0 Å². The lowest BCUT2D eigenvalue weighted by Crippen LogP contribution is -2.45. The lowest BCUT2D eigenvalue weighted by atomic mass is 9.97. The lowest BCUT2D eigenvalue weighted by Gasteiger charge is -2.36. The van der Waals surface area contributed by atoms with Gasteiger partial charge in [0.2, 0.25) is 6.41 Å². The van der Waals surface area contributed by atoms with Gasteiger partial charge in [-0.1, -0.05) is 13.0 Å². The number of carbonyl (C=O) groups is 2. The summed E-state index contributed by atoms with van der Waals surface area (Å²) in [5, 5.41) is 6.17. The number of halogens is 1. The number of aromatic nitrogens is 2. The molecule has 0 bridgehead atoms. The molecule has 2 amide bonds. The Morgan fingerprint density at radius 1 is 1.31 bits per heavy atom. The van der Waals surface area contributed by atoms with Crippen molar-refractivity contribution in [1.82, 2.24) is 20.2 Å². The first-order valence-corrected chi connectivity index (χ1v) is 11.9. The SMILES string of the molecule is COc1c(F)cccc1Nc1c(-c2ccncc2OCCC2CN(C=O)C2)[nH]c2c1C(=O)NCC2C. The second-order valence-corrected chi connectivity index (χ2v) is 9.15. The zero-order valence-corrected chi connectivity index (χ0v) is 20.1. The number of para-hydroxylation sites is 1. The number of amides is 2. The number of anilines is 2. The van der Waals surface area contributed by atoms with Crippen molar-refractivity contribution in [3.63, 3.8) is 0 Å². The normalized spacial score (nSPS) is 17.1. The summed E-state index contributed by atoms with van der Waals surface area (Å²) in [6.07, 6.45) is 4.98. The van der Waals surface area contributed by atoms with Crippen molar-refractivity contribution in [1.29, 1.82) is 0 Å². The highest BCUT2D eigenvalue weighted by molar-refractivity contribution is 6.07. The predicted molar refractivity (Wildman–Crippen MR) is 132 cm³/mol. The maximum absolute atomic E-state index is 14.4.